The molecule has 1 aromatic carbocycles. The highest BCUT2D eigenvalue weighted by molar-refractivity contribution is 5.66. The van der Waals surface area contributed by atoms with Gasteiger partial charge in [0.05, 0.1) is 26.5 Å². The molecule has 0 aliphatic rings. The van der Waals surface area contributed by atoms with Crippen molar-refractivity contribution in [3.8, 4) is 22.8 Å². The average molecular weight is 319 g/mol. The zero-order valence-electron chi connectivity index (χ0n) is 14.1. The van der Waals surface area contributed by atoms with Crippen molar-refractivity contribution in [3.63, 3.8) is 0 Å². The predicted molar refractivity (Wildman–Crippen MR) is 88.6 cm³/mol. The van der Waals surface area contributed by atoms with Crippen LogP contribution < -0.4 is 9.47 Å². The minimum Gasteiger partial charge on any atom is -0.493 e. The topological polar surface area (TPSA) is 69.4 Å². The smallest absolute Gasteiger partial charge is 0.161 e. The molecule has 0 bridgehead atoms. The van der Waals surface area contributed by atoms with Gasteiger partial charge in [-0.3, -0.25) is 0 Å². The Morgan fingerprint density at radius 3 is 2.52 bits per heavy atom. The number of rotatable bonds is 9. The summed E-state index contributed by atoms with van der Waals surface area (Å²) in [5.74, 6) is 1.32. The Bertz CT molecular complexity index is 626. The van der Waals surface area contributed by atoms with Crippen molar-refractivity contribution in [3.05, 3.63) is 23.9 Å². The fourth-order valence-corrected chi connectivity index (χ4v) is 2.60. The van der Waals surface area contributed by atoms with Crippen molar-refractivity contribution in [2.45, 2.75) is 45.8 Å². The van der Waals surface area contributed by atoms with Crippen LogP contribution in [0.4, 0.5) is 0 Å². The summed E-state index contributed by atoms with van der Waals surface area (Å²) in [6.07, 6.45) is 4.62. The molecule has 2 rings (SSSR count). The maximum Gasteiger partial charge on any atom is 0.161 e. The van der Waals surface area contributed by atoms with Crippen molar-refractivity contribution in [2.24, 2.45) is 0 Å². The third-order valence-electron chi connectivity index (χ3n) is 3.84. The Morgan fingerprint density at radius 1 is 1.09 bits per heavy atom. The van der Waals surface area contributed by atoms with E-state index in [2.05, 4.69) is 17.2 Å². The second-order valence-electron chi connectivity index (χ2n) is 5.40. The molecule has 6 nitrogen and oxygen atoms in total. The Hall–Kier alpha value is -2.08. The molecule has 0 aliphatic carbocycles. The number of benzene rings is 1. The molecule has 0 saturated carbocycles. The molecule has 1 N–H and O–H groups in total. The van der Waals surface area contributed by atoms with Crippen LogP contribution in [0.3, 0.4) is 0 Å². The van der Waals surface area contributed by atoms with E-state index in [9.17, 15) is 5.11 Å². The number of aliphatic hydroxyl groups is 1. The van der Waals surface area contributed by atoms with E-state index in [1.54, 1.807) is 14.2 Å². The highest BCUT2D eigenvalue weighted by atomic mass is 16.5. The van der Waals surface area contributed by atoms with Gasteiger partial charge in [-0.15, -0.1) is 5.10 Å². The lowest BCUT2D eigenvalue weighted by Gasteiger charge is -2.11. The molecular weight excluding hydrogens is 294 g/mol. The largest absolute Gasteiger partial charge is 0.493 e. The van der Waals surface area contributed by atoms with Gasteiger partial charge < -0.3 is 14.6 Å². The summed E-state index contributed by atoms with van der Waals surface area (Å²) < 4.78 is 12.5. The van der Waals surface area contributed by atoms with Crippen LogP contribution in [-0.2, 0) is 13.2 Å². The maximum absolute atomic E-state index is 9.56. The van der Waals surface area contributed by atoms with Crippen LogP contribution in [0.2, 0.25) is 0 Å². The summed E-state index contributed by atoms with van der Waals surface area (Å²) in [7, 11) is 3.21. The number of unbranched alkanes of at least 4 members (excludes halogenated alkanes) is 3. The molecule has 0 amide bonds. The van der Waals surface area contributed by atoms with Crippen LogP contribution >= 0.6 is 0 Å². The van der Waals surface area contributed by atoms with Crippen LogP contribution in [0.25, 0.3) is 11.3 Å². The third kappa shape index (κ3) is 4.01. The van der Waals surface area contributed by atoms with E-state index >= 15 is 0 Å². The first-order valence-corrected chi connectivity index (χ1v) is 8.00. The number of hydrogen-bond donors (Lipinski definition) is 1. The number of nitrogens with zero attached hydrogens (tertiary/aromatic N) is 3. The number of hydrogen-bond acceptors (Lipinski definition) is 5. The number of aromatic nitrogens is 3. The van der Waals surface area contributed by atoms with Gasteiger partial charge in [-0.05, 0) is 24.6 Å². The molecule has 0 aliphatic heterocycles. The molecule has 23 heavy (non-hydrogen) atoms. The molecule has 0 unspecified atom stereocenters. The maximum atomic E-state index is 9.56. The lowest BCUT2D eigenvalue weighted by atomic mass is 10.1. The molecule has 1 heterocycles. The third-order valence-corrected chi connectivity index (χ3v) is 3.84. The van der Waals surface area contributed by atoms with Crippen molar-refractivity contribution in [1.29, 1.82) is 0 Å². The number of aliphatic hydroxyl groups excluding tert-OH is 1. The molecule has 0 spiro atoms. The molecule has 1 aromatic heterocycles. The average Bonchev–Trinajstić information content (AvgIpc) is 3.01. The van der Waals surface area contributed by atoms with Crippen molar-refractivity contribution in [2.75, 3.05) is 14.2 Å². The zero-order chi connectivity index (χ0) is 16.7. The Labute approximate surface area is 137 Å². The lowest BCUT2D eigenvalue weighted by Crippen LogP contribution is -2.04. The molecule has 0 saturated heterocycles. The van der Waals surface area contributed by atoms with Gasteiger partial charge >= 0.3 is 0 Å². The molecule has 0 radical (unpaired) electrons. The van der Waals surface area contributed by atoms with E-state index in [0.717, 1.165) is 30.6 Å². The first-order valence-electron chi connectivity index (χ1n) is 8.00. The van der Waals surface area contributed by atoms with E-state index < -0.39 is 0 Å². The highest BCUT2D eigenvalue weighted by Gasteiger charge is 2.16. The minimum absolute atomic E-state index is 0.140. The summed E-state index contributed by atoms with van der Waals surface area (Å²) >= 11 is 0. The normalized spacial score (nSPS) is 10.8. The number of methoxy groups -OCH3 is 2. The summed E-state index contributed by atoms with van der Waals surface area (Å²) in [5.41, 5.74) is 2.32. The fraction of sp³-hybridized carbons (Fsp3) is 0.529. The molecule has 0 atom stereocenters. The first kappa shape index (κ1) is 17.3. The van der Waals surface area contributed by atoms with Gasteiger partial charge in [0.15, 0.2) is 11.5 Å². The Kier molecular flexibility index (Phi) is 6.40. The van der Waals surface area contributed by atoms with Gasteiger partial charge in [0.1, 0.15) is 5.69 Å². The SMILES string of the molecule is CCCCCCn1nnc(CO)c1-c1ccc(OC)c(OC)c1. The molecule has 126 valence electrons. The van der Waals surface area contributed by atoms with Crippen LogP contribution in [0, 0.1) is 0 Å². The monoisotopic (exact) mass is 319 g/mol. The van der Waals surface area contributed by atoms with Crippen LogP contribution in [0.1, 0.15) is 38.3 Å². The van der Waals surface area contributed by atoms with Crippen LogP contribution in [0.15, 0.2) is 18.2 Å². The number of aryl methyl sites for hydroxylation is 1. The second-order valence-corrected chi connectivity index (χ2v) is 5.40. The van der Waals surface area contributed by atoms with Gasteiger partial charge in [-0.2, -0.15) is 0 Å². The van der Waals surface area contributed by atoms with Crippen LogP contribution in [-0.4, -0.2) is 34.3 Å². The van der Waals surface area contributed by atoms with Crippen molar-refractivity contribution < 1.29 is 14.6 Å². The van der Waals surface area contributed by atoms with Gasteiger partial charge in [0, 0.05) is 12.1 Å². The molecule has 0 fully saturated rings. The van der Waals surface area contributed by atoms with E-state index in [1.807, 2.05) is 22.9 Å². The summed E-state index contributed by atoms with van der Waals surface area (Å²) in [6, 6.07) is 5.67. The van der Waals surface area contributed by atoms with Crippen molar-refractivity contribution in [1.82, 2.24) is 15.0 Å². The van der Waals surface area contributed by atoms with Gasteiger partial charge in [0.2, 0.25) is 0 Å². The quantitative estimate of drug-likeness (QED) is 0.719. The van der Waals surface area contributed by atoms with Gasteiger partial charge in [0.25, 0.3) is 0 Å². The molecule has 2 aromatic rings. The molecular formula is C17H25N3O3. The van der Waals surface area contributed by atoms with E-state index in [1.165, 1.54) is 12.8 Å². The minimum atomic E-state index is -0.140. The Morgan fingerprint density at radius 2 is 1.87 bits per heavy atom. The van der Waals surface area contributed by atoms with E-state index in [4.69, 9.17) is 9.47 Å². The fourth-order valence-electron chi connectivity index (χ4n) is 2.60. The number of ether oxygens (including phenoxy) is 2. The lowest BCUT2D eigenvalue weighted by molar-refractivity contribution is 0.277. The van der Waals surface area contributed by atoms with Crippen LogP contribution in [0.5, 0.6) is 11.5 Å². The second kappa shape index (κ2) is 8.53. The standard InChI is InChI=1S/C17H25N3O3/c1-4-5-6-7-10-20-17(14(12-21)18-19-20)13-8-9-15(22-2)16(11-13)23-3/h8-9,11,21H,4-7,10,12H2,1-3H3. The first-order chi connectivity index (χ1) is 11.2. The highest BCUT2D eigenvalue weighted by Crippen LogP contribution is 2.33. The van der Waals surface area contributed by atoms with Crippen molar-refractivity contribution >= 4 is 0 Å². The summed E-state index contributed by atoms with van der Waals surface area (Å²) in [5, 5.41) is 17.9. The molecule has 6 heteroatoms. The summed E-state index contributed by atoms with van der Waals surface area (Å²) in [6.45, 7) is 2.84. The predicted octanol–water partition coefficient (Wildman–Crippen LogP) is 3.03. The van der Waals surface area contributed by atoms with Gasteiger partial charge in [-0.1, -0.05) is 31.4 Å². The zero-order valence-corrected chi connectivity index (χ0v) is 14.1. The van der Waals surface area contributed by atoms with E-state index in [-0.39, 0.29) is 6.61 Å². The van der Waals surface area contributed by atoms with E-state index in [0.29, 0.717) is 17.2 Å². The summed E-state index contributed by atoms with van der Waals surface area (Å²) in [4.78, 5) is 0. The van der Waals surface area contributed by atoms with Gasteiger partial charge in [-0.25, -0.2) is 4.68 Å². The Balaban J connectivity index is 2.31.